The fourth-order valence-electron chi connectivity index (χ4n) is 2.50. The Hall–Kier alpha value is -2.66. The number of carbonyl (C=O) groups is 2. The molecule has 0 aliphatic heterocycles. The fourth-order valence-corrected chi connectivity index (χ4v) is 2.68. The standard InChI is InChI=1S/C21H24ClN3O2/c1-3-8-19(16-9-5-4-6-10-16)24-25-21(27)14-13-20(26)23-18-12-7-11-17(22)15(18)2/h4-7,9-12H,3,8,13-14H2,1-2H3,(H,23,26)(H,25,27)/b24-19+. The quantitative estimate of drug-likeness (QED) is 0.511. The summed E-state index contributed by atoms with van der Waals surface area (Å²) in [4.78, 5) is 24.1. The van der Waals surface area contributed by atoms with E-state index in [-0.39, 0.29) is 24.7 Å². The van der Waals surface area contributed by atoms with Gasteiger partial charge in [0.05, 0.1) is 5.71 Å². The van der Waals surface area contributed by atoms with Gasteiger partial charge in [0.1, 0.15) is 0 Å². The third-order valence-electron chi connectivity index (χ3n) is 4.03. The smallest absolute Gasteiger partial charge is 0.240 e. The number of hydrazone groups is 1. The lowest BCUT2D eigenvalue weighted by atomic mass is 10.1. The molecule has 0 atom stereocenters. The number of carbonyl (C=O) groups excluding carboxylic acids is 2. The SMILES string of the molecule is CCC/C(=N\NC(=O)CCC(=O)Nc1cccc(Cl)c1C)c1ccccc1. The second-order valence-corrected chi connectivity index (χ2v) is 6.58. The topological polar surface area (TPSA) is 70.6 Å². The van der Waals surface area contributed by atoms with Crippen LogP contribution in [0.25, 0.3) is 0 Å². The second kappa shape index (κ2) is 10.5. The Balaban J connectivity index is 1.87. The van der Waals surface area contributed by atoms with Crippen molar-refractivity contribution in [3.63, 3.8) is 0 Å². The third-order valence-corrected chi connectivity index (χ3v) is 4.44. The van der Waals surface area contributed by atoms with Gasteiger partial charge in [-0.25, -0.2) is 5.43 Å². The zero-order chi connectivity index (χ0) is 19.6. The molecule has 2 rings (SSSR count). The van der Waals surface area contributed by atoms with E-state index < -0.39 is 0 Å². The molecule has 2 N–H and O–H groups in total. The number of halogens is 1. The Morgan fingerprint density at radius 2 is 1.67 bits per heavy atom. The summed E-state index contributed by atoms with van der Waals surface area (Å²) in [6, 6.07) is 15.0. The van der Waals surface area contributed by atoms with E-state index in [1.54, 1.807) is 18.2 Å². The minimum Gasteiger partial charge on any atom is -0.326 e. The Labute approximate surface area is 164 Å². The number of hydrogen-bond donors (Lipinski definition) is 2. The summed E-state index contributed by atoms with van der Waals surface area (Å²) in [5, 5.41) is 7.60. The molecule has 0 aliphatic carbocycles. The van der Waals surface area contributed by atoms with Gasteiger partial charge in [-0.2, -0.15) is 5.10 Å². The maximum absolute atomic E-state index is 12.1. The van der Waals surface area contributed by atoms with Gasteiger partial charge in [0, 0.05) is 23.6 Å². The zero-order valence-electron chi connectivity index (χ0n) is 15.6. The first kappa shape index (κ1) is 20.6. The van der Waals surface area contributed by atoms with Gasteiger partial charge in [-0.05, 0) is 36.6 Å². The van der Waals surface area contributed by atoms with Crippen LogP contribution in [0.3, 0.4) is 0 Å². The molecule has 2 aromatic rings. The second-order valence-electron chi connectivity index (χ2n) is 6.17. The van der Waals surface area contributed by atoms with Crippen LogP contribution in [0.5, 0.6) is 0 Å². The van der Waals surface area contributed by atoms with Gasteiger partial charge >= 0.3 is 0 Å². The zero-order valence-corrected chi connectivity index (χ0v) is 16.3. The van der Waals surface area contributed by atoms with Gasteiger partial charge in [-0.1, -0.05) is 61.3 Å². The summed E-state index contributed by atoms with van der Waals surface area (Å²) in [5.74, 6) is -0.533. The van der Waals surface area contributed by atoms with Gasteiger partial charge < -0.3 is 5.32 Å². The summed E-state index contributed by atoms with van der Waals surface area (Å²) in [6.07, 6.45) is 1.81. The van der Waals surface area contributed by atoms with Crippen LogP contribution in [0, 0.1) is 6.92 Å². The molecular weight excluding hydrogens is 362 g/mol. The van der Waals surface area contributed by atoms with Crippen LogP contribution in [-0.2, 0) is 9.59 Å². The summed E-state index contributed by atoms with van der Waals surface area (Å²) < 4.78 is 0. The summed E-state index contributed by atoms with van der Waals surface area (Å²) in [6.45, 7) is 3.89. The molecule has 142 valence electrons. The van der Waals surface area contributed by atoms with Crippen molar-refractivity contribution >= 4 is 34.8 Å². The predicted octanol–water partition coefficient (Wildman–Crippen LogP) is 4.69. The van der Waals surface area contributed by atoms with Gasteiger partial charge in [0.15, 0.2) is 0 Å². The van der Waals surface area contributed by atoms with E-state index in [9.17, 15) is 9.59 Å². The first-order chi connectivity index (χ1) is 13.0. The molecule has 0 saturated heterocycles. The normalized spacial score (nSPS) is 11.1. The molecule has 2 aromatic carbocycles. The molecule has 0 aromatic heterocycles. The monoisotopic (exact) mass is 385 g/mol. The number of rotatable bonds is 8. The Morgan fingerprint density at radius 3 is 2.37 bits per heavy atom. The average molecular weight is 386 g/mol. The number of benzene rings is 2. The van der Waals surface area contributed by atoms with E-state index in [1.807, 2.05) is 37.3 Å². The highest BCUT2D eigenvalue weighted by molar-refractivity contribution is 6.31. The van der Waals surface area contributed by atoms with E-state index >= 15 is 0 Å². The molecule has 0 unspecified atom stereocenters. The highest BCUT2D eigenvalue weighted by Gasteiger charge is 2.10. The molecule has 0 radical (unpaired) electrons. The summed E-state index contributed by atoms with van der Waals surface area (Å²) >= 11 is 6.04. The maximum atomic E-state index is 12.1. The molecule has 0 fully saturated rings. The Morgan fingerprint density at radius 1 is 0.963 bits per heavy atom. The van der Waals surface area contributed by atoms with Gasteiger partial charge in [0.2, 0.25) is 11.8 Å². The van der Waals surface area contributed by atoms with E-state index in [0.29, 0.717) is 10.7 Å². The van der Waals surface area contributed by atoms with Crippen molar-refractivity contribution in [3.05, 3.63) is 64.7 Å². The number of nitrogens with zero attached hydrogens (tertiary/aromatic N) is 1. The minimum atomic E-state index is -0.294. The van der Waals surface area contributed by atoms with Crippen LogP contribution in [0.2, 0.25) is 5.02 Å². The van der Waals surface area contributed by atoms with Gasteiger partial charge in [0.25, 0.3) is 0 Å². The van der Waals surface area contributed by atoms with Crippen LogP contribution in [0.1, 0.15) is 43.7 Å². The van der Waals surface area contributed by atoms with E-state index in [0.717, 1.165) is 29.7 Å². The lowest BCUT2D eigenvalue weighted by Crippen LogP contribution is -2.22. The average Bonchev–Trinajstić information content (AvgIpc) is 2.68. The number of anilines is 1. The van der Waals surface area contributed by atoms with Crippen molar-refractivity contribution in [2.24, 2.45) is 5.10 Å². The summed E-state index contributed by atoms with van der Waals surface area (Å²) in [7, 11) is 0. The fraction of sp³-hybridized carbons (Fsp3) is 0.286. The van der Waals surface area contributed by atoms with Crippen molar-refractivity contribution in [1.29, 1.82) is 0 Å². The first-order valence-corrected chi connectivity index (χ1v) is 9.34. The van der Waals surface area contributed by atoms with Crippen molar-refractivity contribution in [2.75, 3.05) is 5.32 Å². The maximum Gasteiger partial charge on any atom is 0.240 e. The Bertz CT molecular complexity index is 819. The molecule has 2 amide bonds. The highest BCUT2D eigenvalue weighted by atomic mass is 35.5. The van der Waals surface area contributed by atoms with Crippen molar-refractivity contribution < 1.29 is 9.59 Å². The van der Waals surface area contributed by atoms with Crippen molar-refractivity contribution in [1.82, 2.24) is 5.43 Å². The van der Waals surface area contributed by atoms with E-state index in [2.05, 4.69) is 22.8 Å². The Kier molecular flexibility index (Phi) is 8.01. The van der Waals surface area contributed by atoms with E-state index in [4.69, 9.17) is 11.6 Å². The number of amides is 2. The van der Waals surface area contributed by atoms with Crippen LogP contribution in [-0.4, -0.2) is 17.5 Å². The molecular formula is C21H24ClN3O2. The minimum absolute atomic E-state index is 0.0587. The summed E-state index contributed by atoms with van der Waals surface area (Å²) in [5.41, 5.74) is 5.81. The molecule has 5 nitrogen and oxygen atoms in total. The van der Waals surface area contributed by atoms with Crippen LogP contribution >= 0.6 is 11.6 Å². The van der Waals surface area contributed by atoms with Crippen molar-refractivity contribution in [3.8, 4) is 0 Å². The predicted molar refractivity (Wildman–Crippen MR) is 110 cm³/mol. The molecule has 6 heteroatoms. The largest absolute Gasteiger partial charge is 0.326 e. The number of nitrogens with one attached hydrogen (secondary N) is 2. The molecule has 0 heterocycles. The van der Waals surface area contributed by atoms with Crippen LogP contribution < -0.4 is 10.7 Å². The van der Waals surface area contributed by atoms with Crippen LogP contribution in [0.4, 0.5) is 5.69 Å². The lowest BCUT2D eigenvalue weighted by Gasteiger charge is -2.09. The lowest BCUT2D eigenvalue weighted by molar-refractivity contribution is -0.124. The molecule has 0 aliphatic rings. The molecule has 0 spiro atoms. The highest BCUT2D eigenvalue weighted by Crippen LogP contribution is 2.23. The van der Waals surface area contributed by atoms with Gasteiger partial charge in [-0.15, -0.1) is 0 Å². The molecule has 0 bridgehead atoms. The van der Waals surface area contributed by atoms with Crippen molar-refractivity contribution in [2.45, 2.75) is 39.5 Å². The van der Waals surface area contributed by atoms with Crippen LogP contribution in [0.15, 0.2) is 53.6 Å². The van der Waals surface area contributed by atoms with E-state index in [1.165, 1.54) is 0 Å². The molecule has 0 saturated carbocycles. The number of hydrogen-bond acceptors (Lipinski definition) is 3. The van der Waals surface area contributed by atoms with Gasteiger partial charge in [-0.3, -0.25) is 9.59 Å². The first-order valence-electron chi connectivity index (χ1n) is 8.97. The third kappa shape index (κ3) is 6.53. The molecule has 27 heavy (non-hydrogen) atoms.